The second kappa shape index (κ2) is 6.93. The van der Waals surface area contributed by atoms with Gasteiger partial charge in [0.05, 0.1) is 5.52 Å². The predicted octanol–water partition coefficient (Wildman–Crippen LogP) is 3.98. The number of hydrogen-bond donors (Lipinski definition) is 1. The number of oxazole rings is 1. The number of anilines is 1. The Kier molecular flexibility index (Phi) is 4.71. The van der Waals surface area contributed by atoms with Crippen LogP contribution in [0.2, 0.25) is 5.02 Å². The average Bonchev–Trinajstić information content (AvgIpc) is 2.86. The lowest BCUT2D eigenvalue weighted by molar-refractivity contribution is -0.116. The van der Waals surface area contributed by atoms with Crippen LogP contribution in [-0.2, 0) is 11.3 Å². The molecule has 3 aromatic rings. The van der Waals surface area contributed by atoms with E-state index >= 15 is 0 Å². The monoisotopic (exact) mass is 344 g/mol. The molecule has 24 heavy (non-hydrogen) atoms. The fourth-order valence-electron chi connectivity index (χ4n) is 2.60. The average molecular weight is 345 g/mol. The molecule has 0 bridgehead atoms. The van der Waals surface area contributed by atoms with Crippen LogP contribution in [0.3, 0.4) is 0 Å². The molecule has 1 heterocycles. The van der Waals surface area contributed by atoms with Gasteiger partial charge in [0, 0.05) is 23.7 Å². The number of benzene rings is 2. The summed E-state index contributed by atoms with van der Waals surface area (Å²) in [6.07, 6.45) is 0.857. The van der Waals surface area contributed by atoms with Crippen LogP contribution in [0.5, 0.6) is 0 Å². The summed E-state index contributed by atoms with van der Waals surface area (Å²) in [5.41, 5.74) is 2.96. The smallest absolute Gasteiger partial charge is 0.408 e. The fourth-order valence-corrected chi connectivity index (χ4v) is 2.83. The molecule has 0 atom stereocenters. The first-order valence-electron chi connectivity index (χ1n) is 7.69. The molecule has 2 aromatic carbocycles. The maximum atomic E-state index is 12.1. The van der Waals surface area contributed by atoms with Crippen molar-refractivity contribution in [3.63, 3.8) is 0 Å². The third kappa shape index (κ3) is 3.51. The minimum absolute atomic E-state index is 0.0960. The number of carbonyl (C=O) groups is 1. The molecule has 6 heteroatoms. The zero-order chi connectivity index (χ0) is 17.1. The van der Waals surface area contributed by atoms with Gasteiger partial charge in [0.1, 0.15) is 0 Å². The van der Waals surface area contributed by atoms with Gasteiger partial charge in [-0.05, 0) is 49.2 Å². The van der Waals surface area contributed by atoms with Crippen LogP contribution in [0.15, 0.2) is 51.7 Å². The van der Waals surface area contributed by atoms with E-state index in [1.165, 1.54) is 0 Å². The quantitative estimate of drug-likeness (QED) is 0.761. The lowest BCUT2D eigenvalue weighted by atomic mass is 10.2. The highest BCUT2D eigenvalue weighted by atomic mass is 35.5. The Morgan fingerprint density at radius 3 is 2.83 bits per heavy atom. The van der Waals surface area contributed by atoms with Gasteiger partial charge in [-0.2, -0.15) is 0 Å². The van der Waals surface area contributed by atoms with Crippen molar-refractivity contribution in [1.29, 1.82) is 0 Å². The molecule has 5 nitrogen and oxygen atoms in total. The van der Waals surface area contributed by atoms with Gasteiger partial charge in [0.25, 0.3) is 0 Å². The first kappa shape index (κ1) is 16.3. The van der Waals surface area contributed by atoms with E-state index in [-0.39, 0.29) is 5.91 Å². The largest absolute Gasteiger partial charge is 0.419 e. The molecule has 1 N–H and O–H groups in total. The number of aromatic nitrogens is 1. The first-order chi connectivity index (χ1) is 11.5. The van der Waals surface area contributed by atoms with E-state index in [9.17, 15) is 9.59 Å². The molecule has 0 saturated carbocycles. The topological polar surface area (TPSA) is 64.2 Å². The van der Waals surface area contributed by atoms with Crippen molar-refractivity contribution in [3.8, 4) is 0 Å². The highest BCUT2D eigenvalue weighted by molar-refractivity contribution is 6.30. The Morgan fingerprint density at radius 2 is 2.04 bits per heavy atom. The summed E-state index contributed by atoms with van der Waals surface area (Å²) < 4.78 is 6.73. The molecule has 0 spiro atoms. The molecular weight excluding hydrogens is 328 g/mol. The Hall–Kier alpha value is -2.53. The van der Waals surface area contributed by atoms with Crippen molar-refractivity contribution < 1.29 is 9.21 Å². The van der Waals surface area contributed by atoms with E-state index in [2.05, 4.69) is 5.32 Å². The van der Waals surface area contributed by atoms with Crippen LogP contribution in [0.25, 0.3) is 11.1 Å². The number of rotatable bonds is 5. The van der Waals surface area contributed by atoms with Crippen molar-refractivity contribution in [2.45, 2.75) is 26.3 Å². The second-order valence-electron chi connectivity index (χ2n) is 5.60. The van der Waals surface area contributed by atoms with Gasteiger partial charge in [-0.1, -0.05) is 23.7 Å². The Balaban J connectivity index is 1.60. The minimum atomic E-state index is -0.398. The van der Waals surface area contributed by atoms with Crippen LogP contribution >= 0.6 is 11.6 Å². The number of amides is 1. The number of halogens is 1. The standard InChI is InChI=1S/C18H17ClN2O3/c1-12-11-13(19)8-9-14(12)20-17(22)7-4-10-21-15-5-2-3-6-16(15)24-18(21)23/h2-3,5-6,8-9,11H,4,7,10H2,1H3,(H,20,22). The molecule has 1 aromatic heterocycles. The van der Waals surface area contributed by atoms with Crippen LogP contribution in [-0.4, -0.2) is 10.5 Å². The summed E-state index contributed by atoms with van der Waals surface area (Å²) in [6.45, 7) is 2.32. The maximum Gasteiger partial charge on any atom is 0.419 e. The third-order valence-electron chi connectivity index (χ3n) is 3.82. The molecule has 124 valence electrons. The van der Waals surface area contributed by atoms with Gasteiger partial charge >= 0.3 is 5.76 Å². The van der Waals surface area contributed by atoms with E-state index in [1.807, 2.05) is 25.1 Å². The van der Waals surface area contributed by atoms with Crippen molar-refractivity contribution in [2.24, 2.45) is 0 Å². The lowest BCUT2D eigenvalue weighted by Crippen LogP contribution is -2.17. The molecule has 0 unspecified atom stereocenters. The van der Waals surface area contributed by atoms with Gasteiger partial charge in [0.2, 0.25) is 5.91 Å². The van der Waals surface area contributed by atoms with Crippen molar-refractivity contribution in [2.75, 3.05) is 5.32 Å². The Bertz CT molecular complexity index is 943. The van der Waals surface area contributed by atoms with Gasteiger partial charge in [0.15, 0.2) is 5.58 Å². The van der Waals surface area contributed by atoms with Crippen molar-refractivity contribution >= 4 is 34.3 Å². The third-order valence-corrected chi connectivity index (χ3v) is 4.06. The van der Waals surface area contributed by atoms with E-state index in [0.717, 1.165) is 16.8 Å². The van der Waals surface area contributed by atoms with E-state index in [1.54, 1.807) is 28.8 Å². The molecule has 0 fully saturated rings. The minimum Gasteiger partial charge on any atom is -0.408 e. The van der Waals surface area contributed by atoms with Gasteiger partial charge in [-0.15, -0.1) is 0 Å². The van der Waals surface area contributed by atoms with Gasteiger partial charge in [-0.25, -0.2) is 4.79 Å². The molecule has 3 rings (SSSR count). The normalized spacial score (nSPS) is 10.9. The van der Waals surface area contributed by atoms with Crippen LogP contribution in [0.4, 0.5) is 5.69 Å². The zero-order valence-electron chi connectivity index (χ0n) is 13.2. The summed E-state index contributed by atoms with van der Waals surface area (Å²) in [5.74, 6) is -0.494. The molecule has 0 saturated heterocycles. The summed E-state index contributed by atoms with van der Waals surface area (Å²) in [6, 6.07) is 12.6. The SMILES string of the molecule is Cc1cc(Cl)ccc1NC(=O)CCCn1c(=O)oc2ccccc21. The molecule has 0 aliphatic heterocycles. The Labute approximate surface area is 143 Å². The fraction of sp³-hybridized carbons (Fsp3) is 0.222. The molecule has 0 radical (unpaired) electrons. The number of hydrogen-bond acceptors (Lipinski definition) is 3. The van der Waals surface area contributed by atoms with Gasteiger partial charge in [-0.3, -0.25) is 9.36 Å². The number of para-hydroxylation sites is 2. The maximum absolute atomic E-state index is 12.1. The zero-order valence-corrected chi connectivity index (χ0v) is 14.0. The van der Waals surface area contributed by atoms with Crippen molar-refractivity contribution in [3.05, 3.63) is 63.6 Å². The van der Waals surface area contributed by atoms with E-state index in [4.69, 9.17) is 16.0 Å². The first-order valence-corrected chi connectivity index (χ1v) is 8.07. The van der Waals surface area contributed by atoms with E-state index in [0.29, 0.717) is 30.0 Å². The summed E-state index contributed by atoms with van der Waals surface area (Å²) in [4.78, 5) is 23.9. The summed E-state index contributed by atoms with van der Waals surface area (Å²) in [7, 11) is 0. The summed E-state index contributed by atoms with van der Waals surface area (Å²) in [5, 5.41) is 3.50. The lowest BCUT2D eigenvalue weighted by Gasteiger charge is -2.08. The number of carbonyl (C=O) groups excluding carboxylic acids is 1. The highest BCUT2D eigenvalue weighted by Gasteiger charge is 2.10. The summed E-state index contributed by atoms with van der Waals surface area (Å²) >= 11 is 5.90. The molecular formula is C18H17ClN2O3. The highest BCUT2D eigenvalue weighted by Crippen LogP contribution is 2.20. The molecule has 0 aliphatic rings. The molecule has 1 amide bonds. The number of nitrogens with zero attached hydrogens (tertiary/aromatic N) is 1. The van der Waals surface area contributed by atoms with Crippen LogP contribution < -0.4 is 11.1 Å². The number of nitrogens with one attached hydrogen (secondary N) is 1. The second-order valence-corrected chi connectivity index (χ2v) is 6.03. The van der Waals surface area contributed by atoms with Crippen molar-refractivity contribution in [1.82, 2.24) is 4.57 Å². The van der Waals surface area contributed by atoms with E-state index < -0.39 is 5.76 Å². The Morgan fingerprint density at radius 1 is 1.25 bits per heavy atom. The van der Waals surface area contributed by atoms with Gasteiger partial charge < -0.3 is 9.73 Å². The molecule has 0 aliphatic carbocycles. The number of aryl methyl sites for hydroxylation is 2. The predicted molar refractivity (Wildman–Crippen MR) is 94.5 cm³/mol. The van der Waals surface area contributed by atoms with Crippen LogP contribution in [0, 0.1) is 6.92 Å². The van der Waals surface area contributed by atoms with Crippen LogP contribution in [0.1, 0.15) is 18.4 Å². The number of fused-ring (bicyclic) bond motifs is 1.